The molecule has 0 radical (unpaired) electrons. The summed E-state index contributed by atoms with van der Waals surface area (Å²) in [6.07, 6.45) is -1.96. The van der Waals surface area contributed by atoms with Crippen LogP contribution in [0.3, 0.4) is 0 Å². The molecule has 1 rings (SSSR count). The molecule has 0 aliphatic carbocycles. The van der Waals surface area contributed by atoms with Crippen molar-refractivity contribution in [2.75, 3.05) is 5.75 Å². The predicted octanol–water partition coefficient (Wildman–Crippen LogP) is 1.47. The van der Waals surface area contributed by atoms with E-state index in [9.17, 15) is 29.9 Å². The predicted molar refractivity (Wildman–Crippen MR) is 77.2 cm³/mol. The van der Waals surface area contributed by atoms with Crippen molar-refractivity contribution in [3.8, 4) is 0 Å². The van der Waals surface area contributed by atoms with E-state index in [-0.39, 0.29) is 22.7 Å². The molecule has 114 valence electrons. The van der Waals surface area contributed by atoms with Crippen LogP contribution >= 0.6 is 11.8 Å². The van der Waals surface area contributed by atoms with Crippen molar-refractivity contribution >= 4 is 28.9 Å². The second kappa shape index (κ2) is 7.87. The minimum absolute atomic E-state index is 0.0948. The third kappa shape index (κ3) is 4.92. The Hall–Kier alpha value is -1.77. The fourth-order valence-electron chi connectivity index (χ4n) is 1.71. The summed E-state index contributed by atoms with van der Waals surface area (Å²) >= 11 is 1.02. The molecule has 0 spiro atoms. The van der Waals surface area contributed by atoms with E-state index in [0.717, 1.165) is 17.8 Å². The molecule has 2 N–H and O–H groups in total. The van der Waals surface area contributed by atoms with Crippen LogP contribution in [0, 0.1) is 10.1 Å². The standard InChI is InChI=1S/C13H15NO6S/c1-8(16)21-5-4-12(17)13(18)9-2-3-10(7-15)11(6-9)14(19)20/h2-3,6-7,12-13,17-18H,4-5H2,1H3. The van der Waals surface area contributed by atoms with Crippen LogP contribution < -0.4 is 0 Å². The lowest BCUT2D eigenvalue weighted by Gasteiger charge is -2.17. The normalized spacial score (nSPS) is 13.5. The summed E-state index contributed by atoms with van der Waals surface area (Å²) in [5.41, 5.74) is -0.378. The van der Waals surface area contributed by atoms with Crippen LogP contribution in [0.2, 0.25) is 0 Å². The molecular formula is C13H15NO6S. The Balaban J connectivity index is 2.84. The molecule has 0 bridgehead atoms. The van der Waals surface area contributed by atoms with Crippen LogP contribution in [-0.2, 0) is 4.79 Å². The maximum atomic E-state index is 10.8. The third-order valence-electron chi connectivity index (χ3n) is 2.80. The first-order chi connectivity index (χ1) is 9.86. The molecule has 0 aliphatic rings. The first-order valence-corrected chi connectivity index (χ1v) is 7.08. The number of rotatable bonds is 7. The number of aliphatic hydroxyl groups is 2. The van der Waals surface area contributed by atoms with Crippen molar-refractivity contribution in [1.29, 1.82) is 0 Å². The van der Waals surface area contributed by atoms with Gasteiger partial charge in [-0.2, -0.15) is 0 Å². The Kier molecular flexibility index (Phi) is 6.47. The van der Waals surface area contributed by atoms with Gasteiger partial charge in [0.05, 0.1) is 16.6 Å². The smallest absolute Gasteiger partial charge is 0.280 e. The first kappa shape index (κ1) is 17.3. The molecule has 2 unspecified atom stereocenters. The fourth-order valence-corrected chi connectivity index (χ4v) is 2.35. The number of carbonyl (C=O) groups is 2. The van der Waals surface area contributed by atoms with E-state index in [4.69, 9.17) is 0 Å². The van der Waals surface area contributed by atoms with Crippen molar-refractivity contribution in [2.45, 2.75) is 25.6 Å². The number of hydrogen-bond donors (Lipinski definition) is 2. The molecule has 0 aromatic heterocycles. The highest BCUT2D eigenvalue weighted by Gasteiger charge is 2.22. The maximum Gasteiger partial charge on any atom is 0.280 e. The summed E-state index contributed by atoms with van der Waals surface area (Å²) in [7, 11) is 0. The SMILES string of the molecule is CC(=O)SCCC(O)C(O)c1ccc(C=O)c([N+](=O)[O-])c1. The zero-order valence-electron chi connectivity index (χ0n) is 11.3. The lowest BCUT2D eigenvalue weighted by Crippen LogP contribution is -2.19. The van der Waals surface area contributed by atoms with E-state index in [2.05, 4.69) is 0 Å². The number of thioether (sulfide) groups is 1. The molecule has 0 saturated carbocycles. The Morgan fingerprint density at radius 2 is 2.14 bits per heavy atom. The van der Waals surface area contributed by atoms with Crippen LogP contribution in [-0.4, -0.2) is 38.4 Å². The second-order valence-electron chi connectivity index (χ2n) is 4.33. The first-order valence-electron chi connectivity index (χ1n) is 6.09. The van der Waals surface area contributed by atoms with Gasteiger partial charge >= 0.3 is 0 Å². The lowest BCUT2D eigenvalue weighted by molar-refractivity contribution is -0.385. The van der Waals surface area contributed by atoms with Crippen molar-refractivity contribution < 1.29 is 24.7 Å². The van der Waals surface area contributed by atoms with Gasteiger partial charge in [-0.05, 0) is 18.1 Å². The van der Waals surface area contributed by atoms with Crippen LogP contribution in [0.25, 0.3) is 0 Å². The number of aliphatic hydroxyl groups excluding tert-OH is 2. The number of nitrogens with zero attached hydrogens (tertiary/aromatic N) is 1. The lowest BCUT2D eigenvalue weighted by atomic mass is 10.0. The van der Waals surface area contributed by atoms with E-state index in [1.54, 1.807) is 0 Å². The van der Waals surface area contributed by atoms with E-state index < -0.39 is 22.8 Å². The Morgan fingerprint density at radius 3 is 2.67 bits per heavy atom. The average molecular weight is 313 g/mol. The molecular weight excluding hydrogens is 298 g/mol. The van der Waals surface area contributed by atoms with Crippen LogP contribution in [0.5, 0.6) is 0 Å². The Morgan fingerprint density at radius 1 is 1.48 bits per heavy atom. The third-order valence-corrected chi connectivity index (χ3v) is 3.65. The molecule has 1 aromatic carbocycles. The second-order valence-corrected chi connectivity index (χ2v) is 5.61. The number of nitro groups is 1. The highest BCUT2D eigenvalue weighted by Crippen LogP contribution is 2.26. The van der Waals surface area contributed by atoms with Crippen LogP contribution in [0.1, 0.15) is 35.4 Å². The molecule has 21 heavy (non-hydrogen) atoms. The molecule has 0 saturated heterocycles. The quantitative estimate of drug-likeness (QED) is 0.444. The van der Waals surface area contributed by atoms with E-state index in [0.29, 0.717) is 12.0 Å². The van der Waals surface area contributed by atoms with Gasteiger partial charge < -0.3 is 10.2 Å². The molecule has 0 amide bonds. The molecule has 0 heterocycles. The highest BCUT2D eigenvalue weighted by molar-refractivity contribution is 8.13. The summed E-state index contributed by atoms with van der Waals surface area (Å²) in [4.78, 5) is 31.6. The molecule has 7 nitrogen and oxygen atoms in total. The van der Waals surface area contributed by atoms with Crippen molar-refractivity contribution in [2.24, 2.45) is 0 Å². The number of hydrogen-bond acceptors (Lipinski definition) is 7. The van der Waals surface area contributed by atoms with Gasteiger partial charge in [-0.15, -0.1) is 0 Å². The monoisotopic (exact) mass is 313 g/mol. The average Bonchev–Trinajstić information content (AvgIpc) is 2.45. The summed E-state index contributed by atoms with van der Waals surface area (Å²) < 4.78 is 0. The van der Waals surface area contributed by atoms with Crippen molar-refractivity contribution in [3.63, 3.8) is 0 Å². The van der Waals surface area contributed by atoms with E-state index in [1.165, 1.54) is 19.1 Å². The number of nitro benzene ring substituents is 1. The minimum atomic E-state index is -1.32. The van der Waals surface area contributed by atoms with Gasteiger partial charge in [0.2, 0.25) is 0 Å². The van der Waals surface area contributed by atoms with Crippen molar-refractivity contribution in [3.05, 3.63) is 39.4 Å². The largest absolute Gasteiger partial charge is 0.390 e. The summed E-state index contributed by atoms with van der Waals surface area (Å²) in [5.74, 6) is 0.335. The van der Waals surface area contributed by atoms with Crippen molar-refractivity contribution in [1.82, 2.24) is 0 Å². The van der Waals surface area contributed by atoms with Gasteiger partial charge in [0, 0.05) is 18.7 Å². The van der Waals surface area contributed by atoms with Gasteiger partial charge in [-0.1, -0.05) is 17.8 Å². The molecule has 1 aromatic rings. The summed E-state index contributed by atoms with van der Waals surface area (Å²) in [6, 6.07) is 3.64. The summed E-state index contributed by atoms with van der Waals surface area (Å²) in [5, 5.41) is 30.5. The van der Waals surface area contributed by atoms with Crippen LogP contribution in [0.4, 0.5) is 5.69 Å². The minimum Gasteiger partial charge on any atom is -0.390 e. The Bertz CT molecular complexity index is 547. The molecule has 8 heteroatoms. The van der Waals surface area contributed by atoms with Gasteiger partial charge in [0.1, 0.15) is 6.10 Å². The molecule has 2 atom stereocenters. The molecule has 0 fully saturated rings. The van der Waals surface area contributed by atoms with E-state index in [1.807, 2.05) is 0 Å². The number of benzene rings is 1. The van der Waals surface area contributed by atoms with Gasteiger partial charge in [0.15, 0.2) is 11.4 Å². The number of carbonyl (C=O) groups excluding carboxylic acids is 2. The number of aldehydes is 1. The van der Waals surface area contributed by atoms with Gasteiger partial charge in [-0.3, -0.25) is 19.7 Å². The zero-order valence-corrected chi connectivity index (χ0v) is 12.1. The highest BCUT2D eigenvalue weighted by atomic mass is 32.2. The van der Waals surface area contributed by atoms with Crippen LogP contribution in [0.15, 0.2) is 18.2 Å². The van der Waals surface area contributed by atoms with Gasteiger partial charge in [-0.25, -0.2) is 0 Å². The Labute approximate surface area is 125 Å². The van der Waals surface area contributed by atoms with Gasteiger partial charge in [0.25, 0.3) is 5.69 Å². The summed E-state index contributed by atoms with van der Waals surface area (Å²) in [6.45, 7) is 1.40. The van der Waals surface area contributed by atoms with E-state index >= 15 is 0 Å². The molecule has 0 aliphatic heterocycles. The topological polar surface area (TPSA) is 118 Å². The maximum absolute atomic E-state index is 10.8. The fraction of sp³-hybridized carbons (Fsp3) is 0.385. The zero-order chi connectivity index (χ0) is 16.0.